The lowest BCUT2D eigenvalue weighted by molar-refractivity contribution is 0.517. The molecule has 0 aliphatic rings. The van der Waals surface area contributed by atoms with Crippen LogP contribution >= 0.6 is 39.1 Å². The summed E-state index contributed by atoms with van der Waals surface area (Å²) in [5, 5.41) is 4.66. The van der Waals surface area contributed by atoms with E-state index in [1.807, 2.05) is 18.2 Å². The van der Waals surface area contributed by atoms with E-state index in [-0.39, 0.29) is 0 Å². The first kappa shape index (κ1) is 16.7. The van der Waals surface area contributed by atoms with Crippen LogP contribution in [0, 0.1) is 5.92 Å². The summed E-state index contributed by atoms with van der Waals surface area (Å²) in [7, 11) is 0. The number of hydrogen-bond acceptors (Lipinski definition) is 1. The van der Waals surface area contributed by atoms with Crippen molar-refractivity contribution in [3.05, 3.63) is 62.5 Å². The molecule has 0 aliphatic heterocycles. The molecule has 1 atom stereocenters. The van der Waals surface area contributed by atoms with Gasteiger partial charge in [0.25, 0.3) is 0 Å². The summed E-state index contributed by atoms with van der Waals surface area (Å²) in [4.78, 5) is 0. The predicted octanol–water partition coefficient (Wildman–Crippen LogP) is 6.61. The molecule has 21 heavy (non-hydrogen) atoms. The second-order valence-corrected chi connectivity index (χ2v) is 7.12. The van der Waals surface area contributed by atoms with E-state index >= 15 is 0 Å². The van der Waals surface area contributed by atoms with E-state index in [9.17, 15) is 0 Å². The maximum atomic E-state index is 6.27. The van der Waals surface area contributed by atoms with Gasteiger partial charge < -0.3 is 5.32 Å². The molecule has 0 aromatic heterocycles. The number of rotatable bonds is 5. The molecule has 0 fully saturated rings. The molecular weight excluding hydrogens is 369 g/mol. The standard InChI is InChI=1S/C17H18BrCl2N/c1-11(2)14(12-6-4-3-5-7-12)10-21-17-15(19)8-13(18)9-16(17)20/h3-9,11,14,21H,10H2,1-2H3. The third kappa shape index (κ3) is 4.38. The Hall–Kier alpha value is -0.700. The van der Waals surface area contributed by atoms with Gasteiger partial charge in [-0.05, 0) is 23.6 Å². The van der Waals surface area contributed by atoms with Gasteiger partial charge in [0.2, 0.25) is 0 Å². The molecule has 1 unspecified atom stereocenters. The van der Waals surface area contributed by atoms with E-state index in [0.29, 0.717) is 21.9 Å². The highest BCUT2D eigenvalue weighted by Gasteiger charge is 2.17. The number of hydrogen-bond donors (Lipinski definition) is 1. The topological polar surface area (TPSA) is 12.0 Å². The first-order chi connectivity index (χ1) is 9.99. The second kappa shape index (κ2) is 7.53. The zero-order valence-electron chi connectivity index (χ0n) is 12.0. The van der Waals surface area contributed by atoms with Crippen LogP contribution < -0.4 is 5.32 Å². The third-order valence-corrected chi connectivity index (χ3v) is 4.59. The van der Waals surface area contributed by atoms with E-state index in [4.69, 9.17) is 23.2 Å². The lowest BCUT2D eigenvalue weighted by atomic mass is 9.88. The number of anilines is 1. The van der Waals surface area contributed by atoms with Crippen molar-refractivity contribution >= 4 is 44.8 Å². The van der Waals surface area contributed by atoms with Gasteiger partial charge in [0.1, 0.15) is 0 Å². The minimum Gasteiger partial charge on any atom is -0.382 e. The van der Waals surface area contributed by atoms with Crippen LogP contribution in [0.25, 0.3) is 0 Å². The third-order valence-electron chi connectivity index (χ3n) is 3.54. The van der Waals surface area contributed by atoms with Gasteiger partial charge in [-0.2, -0.15) is 0 Å². The number of benzene rings is 2. The molecule has 0 saturated heterocycles. The highest BCUT2D eigenvalue weighted by atomic mass is 79.9. The molecule has 0 heterocycles. The molecule has 112 valence electrons. The lowest BCUT2D eigenvalue weighted by Crippen LogP contribution is -2.18. The Labute approximate surface area is 144 Å². The summed E-state index contributed by atoms with van der Waals surface area (Å²) in [6.45, 7) is 5.25. The Kier molecular flexibility index (Phi) is 5.98. The quantitative estimate of drug-likeness (QED) is 0.609. The van der Waals surface area contributed by atoms with Crippen molar-refractivity contribution in [2.45, 2.75) is 19.8 Å². The van der Waals surface area contributed by atoms with Crippen molar-refractivity contribution in [2.75, 3.05) is 11.9 Å². The van der Waals surface area contributed by atoms with E-state index in [1.54, 1.807) is 0 Å². The molecule has 4 heteroatoms. The highest BCUT2D eigenvalue weighted by molar-refractivity contribution is 9.10. The van der Waals surface area contributed by atoms with Crippen LogP contribution in [-0.4, -0.2) is 6.54 Å². The van der Waals surface area contributed by atoms with Gasteiger partial charge in [-0.25, -0.2) is 0 Å². The Morgan fingerprint density at radius 2 is 1.62 bits per heavy atom. The molecule has 0 aliphatic carbocycles. The smallest absolute Gasteiger partial charge is 0.0719 e. The zero-order valence-corrected chi connectivity index (χ0v) is 15.1. The molecule has 0 bridgehead atoms. The first-order valence-electron chi connectivity index (χ1n) is 6.92. The summed E-state index contributed by atoms with van der Waals surface area (Å²) in [5.41, 5.74) is 2.12. The second-order valence-electron chi connectivity index (χ2n) is 5.39. The summed E-state index contributed by atoms with van der Waals surface area (Å²) >= 11 is 15.9. The first-order valence-corrected chi connectivity index (χ1v) is 8.47. The Balaban J connectivity index is 2.17. The monoisotopic (exact) mass is 385 g/mol. The van der Waals surface area contributed by atoms with Crippen molar-refractivity contribution < 1.29 is 0 Å². The van der Waals surface area contributed by atoms with Crippen molar-refractivity contribution in [2.24, 2.45) is 5.92 Å². The molecule has 2 rings (SSSR count). The largest absolute Gasteiger partial charge is 0.382 e. The molecule has 2 aromatic carbocycles. The molecule has 0 saturated carbocycles. The van der Waals surface area contributed by atoms with Gasteiger partial charge >= 0.3 is 0 Å². The van der Waals surface area contributed by atoms with Gasteiger partial charge in [-0.1, -0.05) is 83.3 Å². The van der Waals surface area contributed by atoms with Gasteiger partial charge in [0.05, 0.1) is 15.7 Å². The normalized spacial score (nSPS) is 12.5. The Morgan fingerprint density at radius 3 is 2.14 bits per heavy atom. The predicted molar refractivity (Wildman–Crippen MR) is 96.7 cm³/mol. The maximum absolute atomic E-state index is 6.27. The summed E-state index contributed by atoms with van der Waals surface area (Å²) in [6, 6.07) is 14.2. The van der Waals surface area contributed by atoms with Crippen LogP contribution in [0.3, 0.4) is 0 Å². The SMILES string of the molecule is CC(C)C(CNc1c(Cl)cc(Br)cc1Cl)c1ccccc1. The summed E-state index contributed by atoms with van der Waals surface area (Å²) < 4.78 is 0.881. The van der Waals surface area contributed by atoms with Gasteiger partial charge in [0.15, 0.2) is 0 Å². The molecule has 0 amide bonds. The minimum atomic E-state index is 0.405. The van der Waals surface area contributed by atoms with Crippen LogP contribution in [0.15, 0.2) is 46.9 Å². The van der Waals surface area contributed by atoms with Crippen molar-refractivity contribution in [3.63, 3.8) is 0 Å². The summed E-state index contributed by atoms with van der Waals surface area (Å²) in [5.74, 6) is 0.926. The lowest BCUT2D eigenvalue weighted by Gasteiger charge is -2.23. The van der Waals surface area contributed by atoms with E-state index in [0.717, 1.165) is 16.7 Å². The van der Waals surface area contributed by atoms with Crippen molar-refractivity contribution in [1.82, 2.24) is 0 Å². The average Bonchev–Trinajstić information content (AvgIpc) is 2.42. The molecule has 0 radical (unpaired) electrons. The zero-order chi connectivity index (χ0) is 15.4. The van der Waals surface area contributed by atoms with Crippen LogP contribution in [0.1, 0.15) is 25.3 Å². The van der Waals surface area contributed by atoms with E-state index in [2.05, 4.69) is 59.4 Å². The van der Waals surface area contributed by atoms with Gasteiger partial charge in [-0.3, -0.25) is 0 Å². The molecule has 2 aromatic rings. The van der Waals surface area contributed by atoms with Gasteiger partial charge in [-0.15, -0.1) is 0 Å². The van der Waals surface area contributed by atoms with Crippen LogP contribution in [0.4, 0.5) is 5.69 Å². The van der Waals surface area contributed by atoms with Gasteiger partial charge in [0, 0.05) is 16.9 Å². The van der Waals surface area contributed by atoms with E-state index in [1.165, 1.54) is 5.56 Å². The molecular formula is C17H18BrCl2N. The average molecular weight is 387 g/mol. The van der Waals surface area contributed by atoms with Crippen LogP contribution in [0.5, 0.6) is 0 Å². The fraction of sp³-hybridized carbons (Fsp3) is 0.294. The van der Waals surface area contributed by atoms with Crippen molar-refractivity contribution in [1.29, 1.82) is 0 Å². The Bertz CT molecular complexity index is 576. The molecule has 0 spiro atoms. The van der Waals surface area contributed by atoms with E-state index < -0.39 is 0 Å². The summed E-state index contributed by atoms with van der Waals surface area (Å²) in [6.07, 6.45) is 0. The molecule has 1 N–H and O–H groups in total. The van der Waals surface area contributed by atoms with Crippen LogP contribution in [0.2, 0.25) is 10.0 Å². The number of nitrogens with one attached hydrogen (secondary N) is 1. The van der Waals surface area contributed by atoms with Crippen LogP contribution in [-0.2, 0) is 0 Å². The fourth-order valence-corrected chi connectivity index (χ4v) is 3.70. The maximum Gasteiger partial charge on any atom is 0.0719 e. The minimum absolute atomic E-state index is 0.405. The molecule has 1 nitrogen and oxygen atoms in total. The highest BCUT2D eigenvalue weighted by Crippen LogP contribution is 2.35. The Morgan fingerprint density at radius 1 is 1.05 bits per heavy atom. The van der Waals surface area contributed by atoms with Crippen molar-refractivity contribution in [3.8, 4) is 0 Å². The fourth-order valence-electron chi connectivity index (χ4n) is 2.36. The number of halogens is 3.